The summed E-state index contributed by atoms with van der Waals surface area (Å²) in [6, 6.07) is 51.3. The van der Waals surface area contributed by atoms with Crippen LogP contribution in [0.4, 0.5) is 0 Å². The summed E-state index contributed by atoms with van der Waals surface area (Å²) in [6.07, 6.45) is 0. The average molecular weight is 619 g/mol. The van der Waals surface area contributed by atoms with Crippen LogP contribution in [0, 0.1) is 11.3 Å². The van der Waals surface area contributed by atoms with E-state index >= 15 is 0 Å². The average Bonchev–Trinajstić information content (AvgIpc) is 3.15. The van der Waals surface area contributed by atoms with Crippen molar-refractivity contribution in [2.24, 2.45) is 0 Å². The highest BCUT2D eigenvalue weighted by Crippen LogP contribution is 2.52. The summed E-state index contributed by atoms with van der Waals surface area (Å²) in [6.45, 7) is 4.26. The first-order chi connectivity index (χ1) is 23.5. The van der Waals surface area contributed by atoms with Crippen LogP contribution in [0.25, 0.3) is 56.4 Å². The Kier molecular flexibility index (Phi) is 7.12. The zero-order valence-electron chi connectivity index (χ0n) is 26.6. The van der Waals surface area contributed by atoms with Crippen molar-refractivity contribution < 1.29 is 4.74 Å². The number of hydrogen-bond donors (Lipinski definition) is 0. The number of ether oxygens (including phenoxy) is 1. The molecule has 48 heavy (non-hydrogen) atoms. The lowest BCUT2D eigenvalue weighted by Gasteiger charge is -2.35. The number of nitrogens with zero attached hydrogens (tertiary/aromatic N) is 4. The maximum Gasteiger partial charge on any atom is 0.167 e. The molecular weight excluding hydrogens is 589 g/mol. The van der Waals surface area contributed by atoms with Gasteiger partial charge in [-0.25, -0.2) is 15.0 Å². The molecule has 0 amide bonds. The van der Waals surface area contributed by atoms with E-state index in [9.17, 15) is 5.26 Å². The van der Waals surface area contributed by atoms with Crippen molar-refractivity contribution in [2.45, 2.75) is 19.3 Å². The van der Waals surface area contributed by atoms with Crippen LogP contribution < -0.4 is 4.74 Å². The summed E-state index contributed by atoms with van der Waals surface area (Å²) < 4.78 is 6.63. The molecule has 0 bridgehead atoms. The molecule has 0 aliphatic carbocycles. The first-order valence-corrected chi connectivity index (χ1v) is 15.9. The van der Waals surface area contributed by atoms with Gasteiger partial charge in [-0.2, -0.15) is 5.26 Å². The molecular formula is C43H30N4O. The Bertz CT molecular complexity index is 2290. The Hall–Kier alpha value is -6.38. The van der Waals surface area contributed by atoms with Gasteiger partial charge >= 0.3 is 0 Å². The highest BCUT2D eigenvalue weighted by Gasteiger charge is 2.38. The molecule has 5 nitrogen and oxygen atoms in total. The van der Waals surface area contributed by atoms with Gasteiger partial charge in [-0.15, -0.1) is 0 Å². The lowest BCUT2D eigenvalue weighted by atomic mass is 9.73. The van der Waals surface area contributed by atoms with E-state index in [0.29, 0.717) is 34.5 Å². The highest BCUT2D eigenvalue weighted by molar-refractivity contribution is 5.81. The van der Waals surface area contributed by atoms with E-state index in [1.807, 2.05) is 72.8 Å². The molecule has 0 atom stereocenters. The van der Waals surface area contributed by atoms with Crippen LogP contribution in [0.1, 0.15) is 30.5 Å². The fourth-order valence-electron chi connectivity index (χ4n) is 6.61. The topological polar surface area (TPSA) is 71.7 Å². The second kappa shape index (κ2) is 11.8. The van der Waals surface area contributed by atoms with E-state index < -0.39 is 5.41 Å². The molecule has 7 aromatic rings. The van der Waals surface area contributed by atoms with Gasteiger partial charge in [-0.3, -0.25) is 0 Å². The van der Waals surface area contributed by atoms with Gasteiger partial charge in [0.15, 0.2) is 17.5 Å². The maximum absolute atomic E-state index is 9.94. The second-order valence-electron chi connectivity index (χ2n) is 12.4. The third-order valence-electron chi connectivity index (χ3n) is 8.99. The van der Waals surface area contributed by atoms with E-state index in [1.54, 1.807) is 0 Å². The summed E-state index contributed by atoms with van der Waals surface area (Å²) in [7, 11) is 0. The molecule has 0 fully saturated rings. The van der Waals surface area contributed by atoms with E-state index in [0.717, 1.165) is 50.1 Å². The van der Waals surface area contributed by atoms with Crippen molar-refractivity contribution in [1.29, 1.82) is 5.26 Å². The smallest absolute Gasteiger partial charge is 0.167 e. The Morgan fingerprint density at radius 3 is 1.65 bits per heavy atom. The number of hydrogen-bond acceptors (Lipinski definition) is 5. The Morgan fingerprint density at radius 2 is 1.04 bits per heavy atom. The largest absolute Gasteiger partial charge is 0.456 e. The molecule has 1 aromatic heterocycles. The van der Waals surface area contributed by atoms with Crippen LogP contribution in [-0.2, 0) is 5.41 Å². The van der Waals surface area contributed by atoms with E-state index in [1.165, 1.54) is 0 Å². The molecule has 0 saturated heterocycles. The molecule has 1 aliphatic rings. The summed E-state index contributed by atoms with van der Waals surface area (Å²) in [4.78, 5) is 15.3. The number of nitriles is 1. The zero-order chi connectivity index (χ0) is 32.7. The van der Waals surface area contributed by atoms with Crippen LogP contribution in [0.5, 0.6) is 11.5 Å². The molecule has 5 heteroatoms. The van der Waals surface area contributed by atoms with Gasteiger partial charge in [0.1, 0.15) is 11.5 Å². The molecule has 2 heterocycles. The SMILES string of the molecule is CC1(C)c2cccc(-c3nc(-c4ccccc4)nc(-c4cc(-c5ccccc5)cc(-c5ccccc5)c4)n3)c2Oc2cccc(C#N)c21. The predicted molar refractivity (Wildman–Crippen MR) is 190 cm³/mol. The molecule has 0 unspecified atom stereocenters. The van der Waals surface area contributed by atoms with E-state index in [2.05, 4.69) is 92.7 Å². The molecule has 1 aliphatic heterocycles. The molecule has 8 rings (SSSR count). The summed E-state index contributed by atoms with van der Waals surface area (Å²) in [5.41, 5.74) is 8.86. The minimum atomic E-state index is -0.488. The fourth-order valence-corrected chi connectivity index (χ4v) is 6.61. The Morgan fingerprint density at radius 1 is 0.521 bits per heavy atom. The van der Waals surface area contributed by atoms with E-state index in [4.69, 9.17) is 19.7 Å². The van der Waals surface area contributed by atoms with Crippen LogP contribution in [-0.4, -0.2) is 15.0 Å². The lowest BCUT2D eigenvalue weighted by Crippen LogP contribution is -2.26. The first kappa shape index (κ1) is 29.1. The third kappa shape index (κ3) is 5.10. The minimum absolute atomic E-state index is 0.488. The molecule has 0 radical (unpaired) electrons. The first-order valence-electron chi connectivity index (χ1n) is 15.9. The molecule has 0 saturated carbocycles. The Labute approximate surface area is 279 Å². The van der Waals surface area contributed by atoms with Crippen LogP contribution in [0.15, 0.2) is 146 Å². The molecule has 0 N–H and O–H groups in total. The third-order valence-corrected chi connectivity index (χ3v) is 8.99. The predicted octanol–water partition coefficient (Wildman–Crippen LogP) is 10.5. The number of fused-ring (bicyclic) bond motifs is 2. The zero-order valence-corrected chi connectivity index (χ0v) is 26.6. The second-order valence-corrected chi connectivity index (χ2v) is 12.4. The highest BCUT2D eigenvalue weighted by atomic mass is 16.5. The monoisotopic (exact) mass is 618 g/mol. The lowest BCUT2D eigenvalue weighted by molar-refractivity contribution is 0.418. The van der Waals surface area contributed by atoms with Crippen molar-refractivity contribution in [2.75, 3.05) is 0 Å². The number of rotatable bonds is 5. The van der Waals surface area contributed by atoms with Gasteiger partial charge in [-0.1, -0.05) is 123 Å². The van der Waals surface area contributed by atoms with Gasteiger partial charge < -0.3 is 4.74 Å². The molecule has 228 valence electrons. The van der Waals surface area contributed by atoms with Gasteiger partial charge in [-0.05, 0) is 58.7 Å². The van der Waals surface area contributed by atoms with Gasteiger partial charge in [0.05, 0.1) is 17.2 Å². The summed E-state index contributed by atoms with van der Waals surface area (Å²) in [5.74, 6) is 3.00. The summed E-state index contributed by atoms with van der Waals surface area (Å²) in [5, 5.41) is 9.94. The van der Waals surface area contributed by atoms with Crippen molar-refractivity contribution in [3.05, 3.63) is 162 Å². The van der Waals surface area contributed by atoms with Gasteiger partial charge in [0, 0.05) is 27.7 Å². The van der Waals surface area contributed by atoms with Gasteiger partial charge in [0.25, 0.3) is 0 Å². The van der Waals surface area contributed by atoms with Crippen LogP contribution in [0.3, 0.4) is 0 Å². The fraction of sp³-hybridized carbons (Fsp3) is 0.0698. The Balaban J connectivity index is 1.36. The van der Waals surface area contributed by atoms with E-state index in [-0.39, 0.29) is 0 Å². The standard InChI is InChI=1S/C43H30N4O/c1-43(2)36-22-13-21-35(39(36)48-37-23-12-20-31(27-44)38(37)43)42-46-40(30-18-10-5-11-19-30)45-41(47-42)34-25-32(28-14-6-3-7-15-28)24-33(26-34)29-16-8-4-9-17-29/h3-26H,1-2H3. The number of aromatic nitrogens is 3. The van der Waals surface area contributed by atoms with Crippen molar-refractivity contribution >= 4 is 0 Å². The van der Waals surface area contributed by atoms with Crippen LogP contribution in [0.2, 0.25) is 0 Å². The van der Waals surface area contributed by atoms with Crippen molar-refractivity contribution in [1.82, 2.24) is 15.0 Å². The summed E-state index contributed by atoms with van der Waals surface area (Å²) >= 11 is 0. The molecule has 0 spiro atoms. The van der Waals surface area contributed by atoms with Crippen LogP contribution >= 0.6 is 0 Å². The van der Waals surface area contributed by atoms with Gasteiger partial charge in [0.2, 0.25) is 0 Å². The number of benzene rings is 6. The quantitative estimate of drug-likeness (QED) is 0.192. The minimum Gasteiger partial charge on any atom is -0.456 e. The maximum atomic E-state index is 9.94. The number of para-hydroxylation sites is 1. The van der Waals surface area contributed by atoms with Crippen molar-refractivity contribution in [3.8, 4) is 74.0 Å². The normalized spacial score (nSPS) is 12.7. The van der Waals surface area contributed by atoms with Crippen molar-refractivity contribution in [3.63, 3.8) is 0 Å². The molecule has 6 aromatic carbocycles.